The number of aliphatic imine (C=N–C) groups is 1. The molecule has 0 amide bonds. The summed E-state index contributed by atoms with van der Waals surface area (Å²) in [7, 11) is 0. The van der Waals surface area contributed by atoms with E-state index < -0.39 is 6.10 Å². The van der Waals surface area contributed by atoms with Crippen LogP contribution in [0.15, 0.2) is 52.8 Å². The lowest BCUT2D eigenvalue weighted by molar-refractivity contribution is 0.177. The molecule has 4 nitrogen and oxygen atoms in total. The van der Waals surface area contributed by atoms with Crippen LogP contribution in [0, 0.1) is 0 Å². The first kappa shape index (κ1) is 19.5. The summed E-state index contributed by atoms with van der Waals surface area (Å²) >= 11 is 1.76. The number of rotatable bonds is 8. The largest absolute Gasteiger partial charge is 0.391 e. The van der Waals surface area contributed by atoms with E-state index in [1.807, 2.05) is 37.3 Å². The Labute approximate surface area is 155 Å². The first-order valence-corrected chi connectivity index (χ1v) is 9.67. The van der Waals surface area contributed by atoms with Crippen LogP contribution in [-0.4, -0.2) is 36.8 Å². The van der Waals surface area contributed by atoms with E-state index in [1.54, 1.807) is 11.3 Å². The Bertz CT molecular complexity index is 638. The molecule has 0 aliphatic rings. The van der Waals surface area contributed by atoms with Crippen molar-refractivity contribution in [3.8, 4) is 0 Å². The summed E-state index contributed by atoms with van der Waals surface area (Å²) in [5.74, 6) is 0.749. The van der Waals surface area contributed by atoms with Crippen LogP contribution in [-0.2, 0) is 11.8 Å². The second kappa shape index (κ2) is 9.59. The van der Waals surface area contributed by atoms with E-state index >= 15 is 0 Å². The molecule has 0 fully saturated rings. The number of aliphatic hydroxyl groups is 1. The fourth-order valence-corrected chi connectivity index (χ4v) is 3.38. The Balaban J connectivity index is 1.89. The van der Waals surface area contributed by atoms with Crippen LogP contribution in [0.4, 0.5) is 0 Å². The van der Waals surface area contributed by atoms with Crippen LogP contribution >= 0.6 is 11.3 Å². The molecule has 1 unspecified atom stereocenters. The Morgan fingerprint density at radius 3 is 2.56 bits per heavy atom. The molecule has 0 saturated heterocycles. The van der Waals surface area contributed by atoms with Crippen LogP contribution in [0.2, 0.25) is 0 Å². The molecule has 1 aromatic carbocycles. The smallest absolute Gasteiger partial charge is 0.191 e. The second-order valence-electron chi connectivity index (χ2n) is 6.78. The SMILES string of the molecule is CCNC(=NCC(C)(C)c1cccs1)NCC(O)Cc1ccccc1. The maximum Gasteiger partial charge on any atom is 0.191 e. The van der Waals surface area contributed by atoms with E-state index in [-0.39, 0.29) is 5.41 Å². The minimum atomic E-state index is -0.448. The van der Waals surface area contributed by atoms with Gasteiger partial charge in [0.1, 0.15) is 0 Å². The third-order valence-corrected chi connectivity index (χ3v) is 5.22. The van der Waals surface area contributed by atoms with Crippen LogP contribution in [0.1, 0.15) is 31.2 Å². The number of guanidine groups is 1. The number of nitrogens with one attached hydrogen (secondary N) is 2. The molecule has 2 aromatic rings. The van der Waals surface area contributed by atoms with Gasteiger partial charge in [-0.1, -0.05) is 50.2 Å². The van der Waals surface area contributed by atoms with Crippen LogP contribution in [0.25, 0.3) is 0 Å². The molecule has 0 saturated carbocycles. The third-order valence-electron chi connectivity index (χ3n) is 3.98. The van der Waals surface area contributed by atoms with Gasteiger partial charge in [0, 0.05) is 29.8 Å². The highest BCUT2D eigenvalue weighted by Crippen LogP contribution is 2.27. The predicted molar refractivity (Wildman–Crippen MR) is 107 cm³/mol. The standard InChI is InChI=1S/C20H29N3OS/c1-4-21-19(23-15-20(2,3)18-11-8-12-25-18)22-14-17(24)13-16-9-6-5-7-10-16/h5-12,17,24H,4,13-15H2,1-3H3,(H2,21,22,23). The lowest BCUT2D eigenvalue weighted by Crippen LogP contribution is -2.42. The van der Waals surface area contributed by atoms with Gasteiger partial charge in [-0.3, -0.25) is 4.99 Å². The first-order chi connectivity index (χ1) is 12.0. The highest BCUT2D eigenvalue weighted by Gasteiger charge is 2.21. The normalized spacial score (nSPS) is 13.5. The van der Waals surface area contributed by atoms with Gasteiger partial charge in [0.05, 0.1) is 12.6 Å². The van der Waals surface area contributed by atoms with Crippen molar-refractivity contribution in [1.82, 2.24) is 10.6 Å². The van der Waals surface area contributed by atoms with Gasteiger partial charge in [-0.15, -0.1) is 11.3 Å². The van der Waals surface area contributed by atoms with E-state index in [9.17, 15) is 5.11 Å². The molecule has 0 aliphatic carbocycles. The second-order valence-corrected chi connectivity index (χ2v) is 7.73. The first-order valence-electron chi connectivity index (χ1n) is 8.79. The molecule has 25 heavy (non-hydrogen) atoms. The Kier molecular flexibility index (Phi) is 7.47. The van der Waals surface area contributed by atoms with Crippen molar-refractivity contribution in [2.24, 2.45) is 4.99 Å². The van der Waals surface area contributed by atoms with Crippen molar-refractivity contribution >= 4 is 17.3 Å². The van der Waals surface area contributed by atoms with Crippen LogP contribution in [0.3, 0.4) is 0 Å². The summed E-state index contributed by atoms with van der Waals surface area (Å²) < 4.78 is 0. The molecule has 2 rings (SSSR count). The van der Waals surface area contributed by atoms with Gasteiger partial charge in [0.25, 0.3) is 0 Å². The molecular weight excluding hydrogens is 330 g/mol. The third kappa shape index (κ3) is 6.52. The maximum absolute atomic E-state index is 10.3. The predicted octanol–water partition coefficient (Wildman–Crippen LogP) is 3.18. The van der Waals surface area contributed by atoms with Crippen molar-refractivity contribution in [1.29, 1.82) is 0 Å². The molecule has 1 heterocycles. The number of nitrogens with zero attached hydrogens (tertiary/aromatic N) is 1. The van der Waals surface area contributed by atoms with E-state index in [1.165, 1.54) is 4.88 Å². The van der Waals surface area contributed by atoms with Crippen LogP contribution < -0.4 is 10.6 Å². The molecule has 5 heteroatoms. The number of aliphatic hydroxyl groups excluding tert-OH is 1. The minimum absolute atomic E-state index is 0.000821. The van der Waals surface area contributed by atoms with Gasteiger partial charge in [0.2, 0.25) is 0 Å². The summed E-state index contributed by atoms with van der Waals surface area (Å²) in [5, 5.41) is 18.9. The molecule has 0 spiro atoms. The molecule has 0 aliphatic heterocycles. The summed E-state index contributed by atoms with van der Waals surface area (Å²) in [6.07, 6.45) is 0.185. The fraction of sp³-hybridized carbons (Fsp3) is 0.450. The number of hydrogen-bond acceptors (Lipinski definition) is 3. The van der Waals surface area contributed by atoms with Gasteiger partial charge in [-0.25, -0.2) is 0 Å². The van der Waals surface area contributed by atoms with Crippen LogP contribution in [0.5, 0.6) is 0 Å². The summed E-state index contributed by atoms with van der Waals surface area (Å²) in [6.45, 7) is 8.41. The number of thiophene rings is 1. The molecule has 0 radical (unpaired) electrons. The minimum Gasteiger partial charge on any atom is -0.391 e. The van der Waals surface area contributed by atoms with Gasteiger partial charge in [0.15, 0.2) is 5.96 Å². The van der Waals surface area contributed by atoms with E-state index in [0.29, 0.717) is 19.5 Å². The van der Waals surface area contributed by atoms with Gasteiger partial charge >= 0.3 is 0 Å². The molecular formula is C20H29N3OS. The number of hydrogen-bond donors (Lipinski definition) is 3. The maximum atomic E-state index is 10.3. The van der Waals surface area contributed by atoms with E-state index in [4.69, 9.17) is 4.99 Å². The van der Waals surface area contributed by atoms with Gasteiger partial charge < -0.3 is 15.7 Å². The lowest BCUT2D eigenvalue weighted by Gasteiger charge is -2.22. The summed E-state index contributed by atoms with van der Waals surface area (Å²) in [6, 6.07) is 14.3. The molecule has 0 bridgehead atoms. The van der Waals surface area contributed by atoms with Gasteiger partial charge in [-0.05, 0) is 23.9 Å². The zero-order chi connectivity index (χ0) is 18.1. The quantitative estimate of drug-likeness (QED) is 0.501. The average molecular weight is 360 g/mol. The summed E-state index contributed by atoms with van der Waals surface area (Å²) in [4.78, 5) is 6.04. The van der Waals surface area contributed by atoms with Crippen molar-refractivity contribution in [2.75, 3.05) is 19.6 Å². The van der Waals surface area contributed by atoms with Crippen molar-refractivity contribution in [2.45, 2.75) is 38.7 Å². The molecule has 1 atom stereocenters. The van der Waals surface area contributed by atoms with Crippen molar-refractivity contribution in [3.63, 3.8) is 0 Å². The zero-order valence-corrected chi connectivity index (χ0v) is 16.1. The zero-order valence-electron chi connectivity index (χ0n) is 15.3. The molecule has 3 N–H and O–H groups in total. The fourth-order valence-electron chi connectivity index (χ4n) is 2.53. The Morgan fingerprint density at radius 2 is 1.92 bits per heavy atom. The average Bonchev–Trinajstić information content (AvgIpc) is 3.14. The van der Waals surface area contributed by atoms with Crippen molar-refractivity contribution < 1.29 is 5.11 Å². The Hall–Kier alpha value is -1.85. The van der Waals surface area contributed by atoms with Crippen molar-refractivity contribution in [3.05, 3.63) is 58.3 Å². The Morgan fingerprint density at radius 1 is 1.16 bits per heavy atom. The topological polar surface area (TPSA) is 56.7 Å². The lowest BCUT2D eigenvalue weighted by atomic mass is 9.92. The highest BCUT2D eigenvalue weighted by atomic mass is 32.1. The summed E-state index contributed by atoms with van der Waals surface area (Å²) in [5.41, 5.74) is 1.14. The van der Waals surface area contributed by atoms with E-state index in [0.717, 1.165) is 18.1 Å². The number of benzene rings is 1. The highest BCUT2D eigenvalue weighted by molar-refractivity contribution is 7.10. The van der Waals surface area contributed by atoms with E-state index in [2.05, 4.69) is 42.0 Å². The molecule has 136 valence electrons. The van der Waals surface area contributed by atoms with Gasteiger partial charge in [-0.2, -0.15) is 0 Å². The molecule has 1 aromatic heterocycles. The monoisotopic (exact) mass is 359 g/mol.